The summed E-state index contributed by atoms with van der Waals surface area (Å²) >= 11 is 0. The molecule has 9 heteroatoms. The van der Waals surface area contributed by atoms with Crippen LogP contribution in [0.3, 0.4) is 0 Å². The van der Waals surface area contributed by atoms with Gasteiger partial charge in [0, 0.05) is 17.7 Å². The Labute approximate surface area is 151 Å². The van der Waals surface area contributed by atoms with E-state index in [0.717, 1.165) is 5.56 Å². The lowest BCUT2D eigenvalue weighted by Gasteiger charge is -2.12. The predicted molar refractivity (Wildman–Crippen MR) is 98.0 cm³/mol. The molecule has 0 atom stereocenters. The molecule has 26 heavy (non-hydrogen) atoms. The van der Waals surface area contributed by atoms with Gasteiger partial charge in [-0.1, -0.05) is 17.7 Å². The van der Waals surface area contributed by atoms with Gasteiger partial charge in [0.2, 0.25) is 0 Å². The molecule has 8 nitrogen and oxygen atoms in total. The summed E-state index contributed by atoms with van der Waals surface area (Å²) in [5.41, 5.74) is 1.07. The lowest BCUT2D eigenvalue weighted by Crippen LogP contribution is -2.18. The van der Waals surface area contributed by atoms with Gasteiger partial charge in [0.1, 0.15) is 5.75 Å². The zero-order valence-electron chi connectivity index (χ0n) is 14.5. The maximum Gasteiger partial charge on any atom is 0.276 e. The van der Waals surface area contributed by atoms with Crippen molar-refractivity contribution >= 4 is 21.9 Å². The molecule has 0 fully saturated rings. The van der Waals surface area contributed by atoms with Crippen molar-refractivity contribution in [2.45, 2.75) is 31.8 Å². The van der Waals surface area contributed by atoms with Crippen LogP contribution in [0.2, 0.25) is 0 Å². The third kappa shape index (κ3) is 5.03. The summed E-state index contributed by atoms with van der Waals surface area (Å²) in [6.07, 6.45) is 1.02. The van der Waals surface area contributed by atoms with Crippen LogP contribution in [0.15, 0.2) is 52.5 Å². The molecule has 1 N–H and O–H groups in total. The molecular weight excluding hydrogens is 358 g/mol. The molecule has 0 amide bonds. The Balaban J connectivity index is 2.26. The van der Waals surface area contributed by atoms with E-state index < -0.39 is 14.9 Å². The summed E-state index contributed by atoms with van der Waals surface area (Å²) in [5, 5.41) is 14.7. The zero-order valence-corrected chi connectivity index (χ0v) is 15.4. The van der Waals surface area contributed by atoms with Crippen molar-refractivity contribution in [1.82, 2.24) is 4.83 Å². The van der Waals surface area contributed by atoms with Gasteiger partial charge >= 0.3 is 0 Å². The van der Waals surface area contributed by atoms with Gasteiger partial charge in [0.15, 0.2) is 0 Å². The highest BCUT2D eigenvalue weighted by Crippen LogP contribution is 2.23. The van der Waals surface area contributed by atoms with Gasteiger partial charge in [-0.25, -0.2) is 4.83 Å². The molecule has 0 radical (unpaired) electrons. The number of rotatable bonds is 7. The molecule has 0 aliphatic heterocycles. The minimum Gasteiger partial charge on any atom is -0.490 e. The molecule has 0 heterocycles. The van der Waals surface area contributed by atoms with Gasteiger partial charge in [-0.3, -0.25) is 10.1 Å². The average molecular weight is 377 g/mol. The van der Waals surface area contributed by atoms with Crippen molar-refractivity contribution in [2.24, 2.45) is 5.10 Å². The maximum atomic E-state index is 12.2. The SMILES string of the molecule is Cc1ccc(S(=O)(=O)N/N=C\c2cc([N+](=O)[O-])ccc2OC(C)C)cc1. The molecule has 0 saturated carbocycles. The summed E-state index contributed by atoms with van der Waals surface area (Å²) in [6, 6.07) is 10.3. The van der Waals surface area contributed by atoms with E-state index in [1.165, 1.54) is 36.5 Å². The first-order valence-corrected chi connectivity index (χ1v) is 9.24. The van der Waals surface area contributed by atoms with E-state index in [9.17, 15) is 18.5 Å². The van der Waals surface area contributed by atoms with Gasteiger partial charge < -0.3 is 4.74 Å². The van der Waals surface area contributed by atoms with Crippen LogP contribution in [0.1, 0.15) is 25.0 Å². The molecule has 0 bridgehead atoms. The molecule has 2 aromatic carbocycles. The number of aryl methyl sites for hydroxylation is 1. The molecule has 0 unspecified atom stereocenters. The fourth-order valence-electron chi connectivity index (χ4n) is 2.05. The normalized spacial score (nSPS) is 11.7. The summed E-state index contributed by atoms with van der Waals surface area (Å²) in [6.45, 7) is 5.46. The first-order valence-electron chi connectivity index (χ1n) is 7.75. The number of hydrazone groups is 1. The van der Waals surface area contributed by atoms with Crippen LogP contribution >= 0.6 is 0 Å². The van der Waals surface area contributed by atoms with E-state index >= 15 is 0 Å². The van der Waals surface area contributed by atoms with Crippen LogP contribution in [-0.4, -0.2) is 25.7 Å². The highest BCUT2D eigenvalue weighted by atomic mass is 32.2. The molecule has 0 aromatic heterocycles. The fraction of sp³-hybridized carbons (Fsp3) is 0.235. The van der Waals surface area contributed by atoms with Crippen molar-refractivity contribution in [1.29, 1.82) is 0 Å². The van der Waals surface area contributed by atoms with E-state index in [1.807, 2.05) is 20.8 Å². The van der Waals surface area contributed by atoms with Crippen LogP contribution in [0.25, 0.3) is 0 Å². The highest BCUT2D eigenvalue weighted by Gasteiger charge is 2.14. The summed E-state index contributed by atoms with van der Waals surface area (Å²) in [4.78, 5) is 12.5. The molecule has 2 aromatic rings. The van der Waals surface area contributed by atoms with Crippen LogP contribution in [0, 0.1) is 17.0 Å². The smallest absolute Gasteiger partial charge is 0.276 e. The second-order valence-corrected chi connectivity index (χ2v) is 7.47. The lowest BCUT2D eigenvalue weighted by atomic mass is 10.2. The third-order valence-electron chi connectivity index (χ3n) is 3.27. The van der Waals surface area contributed by atoms with E-state index in [4.69, 9.17) is 4.74 Å². The number of non-ortho nitro benzene ring substituents is 1. The van der Waals surface area contributed by atoms with Crippen molar-refractivity contribution in [3.8, 4) is 5.75 Å². The van der Waals surface area contributed by atoms with Crippen LogP contribution in [-0.2, 0) is 10.0 Å². The number of nitrogens with one attached hydrogen (secondary N) is 1. The Kier molecular flexibility index (Phi) is 5.93. The van der Waals surface area contributed by atoms with Gasteiger partial charge in [-0.05, 0) is 39.0 Å². The number of nitro groups is 1. The quantitative estimate of drug-likeness (QED) is 0.453. The topological polar surface area (TPSA) is 111 Å². The van der Waals surface area contributed by atoms with E-state index in [1.54, 1.807) is 12.1 Å². The number of hydrogen-bond acceptors (Lipinski definition) is 6. The molecule has 138 valence electrons. The molecule has 0 aliphatic carbocycles. The molecular formula is C17H19N3O5S. The number of nitro benzene ring substituents is 1. The number of ether oxygens (including phenoxy) is 1. The summed E-state index contributed by atoms with van der Waals surface area (Å²) in [7, 11) is -3.83. The van der Waals surface area contributed by atoms with Crippen molar-refractivity contribution in [2.75, 3.05) is 0 Å². The summed E-state index contributed by atoms with van der Waals surface area (Å²) < 4.78 is 30.0. The van der Waals surface area contributed by atoms with E-state index in [0.29, 0.717) is 11.3 Å². The second-order valence-electron chi connectivity index (χ2n) is 5.81. The Bertz CT molecular complexity index is 922. The van der Waals surface area contributed by atoms with E-state index in [2.05, 4.69) is 9.93 Å². The summed E-state index contributed by atoms with van der Waals surface area (Å²) in [5.74, 6) is 0.365. The van der Waals surface area contributed by atoms with Gasteiger partial charge in [-0.15, -0.1) is 0 Å². The third-order valence-corrected chi connectivity index (χ3v) is 4.51. The monoisotopic (exact) mass is 377 g/mol. The Morgan fingerprint density at radius 3 is 2.42 bits per heavy atom. The Morgan fingerprint density at radius 1 is 1.19 bits per heavy atom. The zero-order chi connectivity index (χ0) is 19.3. The Morgan fingerprint density at radius 2 is 1.85 bits per heavy atom. The molecule has 0 aliphatic rings. The van der Waals surface area contributed by atoms with Gasteiger partial charge in [0.05, 0.1) is 22.1 Å². The predicted octanol–water partition coefficient (Wildman–Crippen LogP) is 3.00. The minimum atomic E-state index is -3.83. The first-order chi connectivity index (χ1) is 12.2. The number of hydrogen-bond donors (Lipinski definition) is 1. The van der Waals surface area contributed by atoms with Crippen molar-refractivity contribution in [3.63, 3.8) is 0 Å². The molecule has 0 spiro atoms. The van der Waals surface area contributed by atoms with E-state index in [-0.39, 0.29) is 16.7 Å². The number of benzene rings is 2. The number of sulfonamides is 1. The minimum absolute atomic E-state index is 0.0675. The largest absolute Gasteiger partial charge is 0.490 e. The average Bonchev–Trinajstić information content (AvgIpc) is 2.56. The van der Waals surface area contributed by atoms with Gasteiger partial charge in [0.25, 0.3) is 15.7 Å². The standard InChI is InChI=1S/C17H19N3O5S/c1-12(2)25-17-9-6-15(20(21)22)10-14(17)11-18-19-26(23,24)16-7-4-13(3)5-8-16/h4-12,19H,1-3H3/b18-11-. The highest BCUT2D eigenvalue weighted by molar-refractivity contribution is 7.89. The second kappa shape index (κ2) is 7.96. The van der Waals surface area contributed by atoms with Crippen molar-refractivity contribution in [3.05, 3.63) is 63.7 Å². The van der Waals surface area contributed by atoms with Crippen LogP contribution in [0.4, 0.5) is 5.69 Å². The van der Waals surface area contributed by atoms with Crippen LogP contribution < -0.4 is 9.57 Å². The first kappa shape index (κ1) is 19.4. The Hall–Kier alpha value is -2.94. The fourth-order valence-corrected chi connectivity index (χ4v) is 2.84. The lowest BCUT2D eigenvalue weighted by molar-refractivity contribution is -0.384. The molecule has 0 saturated heterocycles. The van der Waals surface area contributed by atoms with Gasteiger partial charge in [-0.2, -0.15) is 13.5 Å². The van der Waals surface area contributed by atoms with Crippen molar-refractivity contribution < 1.29 is 18.1 Å². The molecule has 2 rings (SSSR count). The number of nitrogens with zero attached hydrogens (tertiary/aromatic N) is 2. The maximum absolute atomic E-state index is 12.2. The van der Waals surface area contributed by atoms with Crippen LogP contribution in [0.5, 0.6) is 5.75 Å².